The van der Waals surface area contributed by atoms with E-state index >= 15 is 0 Å². The summed E-state index contributed by atoms with van der Waals surface area (Å²) in [7, 11) is -4.23. The highest BCUT2D eigenvalue weighted by atomic mass is 79.9. The van der Waals surface area contributed by atoms with Crippen molar-refractivity contribution in [2.45, 2.75) is 24.8 Å². The molecule has 8 heteroatoms. The highest BCUT2D eigenvalue weighted by Gasteiger charge is 2.26. The third kappa shape index (κ3) is 3.95. The van der Waals surface area contributed by atoms with Crippen molar-refractivity contribution in [3.63, 3.8) is 0 Å². The van der Waals surface area contributed by atoms with E-state index in [1.54, 1.807) is 13.8 Å². The molecule has 0 aliphatic heterocycles. The Morgan fingerprint density at radius 1 is 1.32 bits per heavy atom. The second-order valence-corrected chi connectivity index (χ2v) is 6.89. The van der Waals surface area contributed by atoms with Crippen LogP contribution in [0.15, 0.2) is 21.5 Å². The first-order valence-corrected chi connectivity index (χ1v) is 7.74. The molecule has 0 saturated heterocycles. The van der Waals surface area contributed by atoms with Gasteiger partial charge in [-0.2, -0.15) is 0 Å². The van der Waals surface area contributed by atoms with E-state index in [2.05, 4.69) is 20.7 Å². The van der Waals surface area contributed by atoms with Crippen molar-refractivity contribution in [1.82, 2.24) is 4.72 Å². The first-order chi connectivity index (χ1) is 8.69. The predicted molar refractivity (Wildman–Crippen MR) is 70.1 cm³/mol. The SMILES string of the molecule is CC(C)[C@@H](CO)NS(=O)(=O)c1cc(F)c(Br)cc1F. The summed E-state index contributed by atoms with van der Waals surface area (Å²) in [4.78, 5) is -0.785. The summed E-state index contributed by atoms with van der Waals surface area (Å²) in [5.41, 5.74) is 0. The van der Waals surface area contributed by atoms with Crippen LogP contribution in [0.2, 0.25) is 0 Å². The van der Waals surface area contributed by atoms with E-state index in [1.165, 1.54) is 0 Å². The van der Waals surface area contributed by atoms with E-state index in [0.717, 1.165) is 6.07 Å². The number of halogens is 3. The van der Waals surface area contributed by atoms with Gasteiger partial charge in [0.1, 0.15) is 16.5 Å². The lowest BCUT2D eigenvalue weighted by atomic mass is 10.1. The molecule has 19 heavy (non-hydrogen) atoms. The minimum absolute atomic E-state index is 0.161. The van der Waals surface area contributed by atoms with Crippen LogP contribution in [0.25, 0.3) is 0 Å². The molecule has 0 fully saturated rings. The maximum atomic E-state index is 13.6. The van der Waals surface area contributed by atoms with Gasteiger partial charge in [-0.25, -0.2) is 21.9 Å². The van der Waals surface area contributed by atoms with Crippen molar-refractivity contribution >= 4 is 26.0 Å². The van der Waals surface area contributed by atoms with E-state index < -0.39 is 39.2 Å². The van der Waals surface area contributed by atoms with Crippen molar-refractivity contribution in [3.8, 4) is 0 Å². The smallest absolute Gasteiger partial charge is 0.243 e. The van der Waals surface area contributed by atoms with Gasteiger partial charge in [-0.3, -0.25) is 0 Å². The summed E-state index contributed by atoms with van der Waals surface area (Å²) in [5, 5.41) is 9.07. The molecule has 0 radical (unpaired) electrons. The fraction of sp³-hybridized carbons (Fsp3) is 0.455. The number of aliphatic hydroxyl groups is 1. The number of benzene rings is 1. The van der Waals surface area contributed by atoms with Crippen LogP contribution in [0, 0.1) is 17.6 Å². The van der Waals surface area contributed by atoms with Crippen molar-refractivity contribution in [2.24, 2.45) is 5.92 Å². The minimum Gasteiger partial charge on any atom is -0.395 e. The van der Waals surface area contributed by atoms with E-state index in [9.17, 15) is 17.2 Å². The van der Waals surface area contributed by atoms with Gasteiger partial charge in [0.05, 0.1) is 11.1 Å². The van der Waals surface area contributed by atoms with Gasteiger partial charge in [0, 0.05) is 6.04 Å². The van der Waals surface area contributed by atoms with Gasteiger partial charge in [0.2, 0.25) is 10.0 Å². The van der Waals surface area contributed by atoms with Crippen LogP contribution in [0.3, 0.4) is 0 Å². The summed E-state index contributed by atoms with van der Waals surface area (Å²) in [6, 6.07) is 0.570. The Balaban J connectivity index is 3.17. The maximum absolute atomic E-state index is 13.6. The fourth-order valence-corrected chi connectivity index (χ4v) is 3.12. The average molecular weight is 358 g/mol. The summed E-state index contributed by atoms with van der Waals surface area (Å²) >= 11 is 2.76. The Kier molecular flexibility index (Phi) is 5.43. The molecule has 1 rings (SSSR count). The van der Waals surface area contributed by atoms with Gasteiger partial charge in [-0.05, 0) is 34.0 Å². The van der Waals surface area contributed by atoms with Crippen LogP contribution >= 0.6 is 15.9 Å². The predicted octanol–water partition coefficient (Wildman–Crippen LogP) is 2.02. The number of nitrogens with one attached hydrogen (secondary N) is 1. The lowest BCUT2D eigenvalue weighted by Crippen LogP contribution is -2.41. The van der Waals surface area contributed by atoms with Crippen LogP contribution in [0.5, 0.6) is 0 Å². The average Bonchev–Trinajstić information content (AvgIpc) is 2.30. The lowest BCUT2D eigenvalue weighted by molar-refractivity contribution is 0.227. The molecule has 0 aliphatic rings. The molecule has 1 aromatic rings. The molecule has 0 aromatic heterocycles. The third-order valence-corrected chi connectivity index (χ3v) is 4.68. The van der Waals surface area contributed by atoms with Gasteiger partial charge in [-0.1, -0.05) is 13.8 Å². The first-order valence-electron chi connectivity index (χ1n) is 5.46. The van der Waals surface area contributed by atoms with Gasteiger partial charge < -0.3 is 5.11 Å². The second kappa shape index (κ2) is 6.25. The Bertz CT molecular complexity index is 563. The zero-order valence-electron chi connectivity index (χ0n) is 10.3. The molecule has 2 N–H and O–H groups in total. The third-order valence-electron chi connectivity index (χ3n) is 2.57. The van der Waals surface area contributed by atoms with Crippen molar-refractivity contribution in [1.29, 1.82) is 0 Å². The molecule has 1 atom stereocenters. The molecule has 108 valence electrons. The van der Waals surface area contributed by atoms with E-state index in [4.69, 9.17) is 5.11 Å². The first kappa shape index (κ1) is 16.5. The zero-order valence-corrected chi connectivity index (χ0v) is 12.7. The maximum Gasteiger partial charge on any atom is 0.243 e. The van der Waals surface area contributed by atoms with Gasteiger partial charge in [0.15, 0.2) is 0 Å². The molecule has 0 saturated carbocycles. The van der Waals surface area contributed by atoms with Crippen LogP contribution in [-0.4, -0.2) is 26.2 Å². The number of aliphatic hydroxyl groups excluding tert-OH is 1. The Morgan fingerprint density at radius 3 is 2.37 bits per heavy atom. The standard InChI is InChI=1S/C11H14BrF2NO3S/c1-6(2)10(5-16)15-19(17,18)11-4-8(13)7(12)3-9(11)14/h3-4,6,10,15-16H,5H2,1-2H3/t10-/m1/s1. The minimum atomic E-state index is -4.23. The van der Waals surface area contributed by atoms with Crippen LogP contribution in [0.1, 0.15) is 13.8 Å². The lowest BCUT2D eigenvalue weighted by Gasteiger charge is -2.20. The Labute approximate surface area is 119 Å². The summed E-state index contributed by atoms with van der Waals surface area (Å²) < 4.78 is 52.8. The Morgan fingerprint density at radius 2 is 1.89 bits per heavy atom. The Hall–Kier alpha value is -0.570. The van der Waals surface area contributed by atoms with Crippen LogP contribution in [0.4, 0.5) is 8.78 Å². The van der Waals surface area contributed by atoms with E-state index in [-0.39, 0.29) is 10.4 Å². The fourth-order valence-electron chi connectivity index (χ4n) is 1.36. The second-order valence-electron chi connectivity index (χ2n) is 4.35. The summed E-state index contributed by atoms with van der Waals surface area (Å²) in [6.45, 7) is 2.96. The molecule has 1 aromatic carbocycles. The topological polar surface area (TPSA) is 66.4 Å². The summed E-state index contributed by atoms with van der Waals surface area (Å²) in [5.74, 6) is -2.14. The summed E-state index contributed by atoms with van der Waals surface area (Å²) in [6.07, 6.45) is 0. The molecule has 0 amide bonds. The number of sulfonamides is 1. The van der Waals surface area contributed by atoms with Crippen LogP contribution in [-0.2, 0) is 10.0 Å². The van der Waals surface area contributed by atoms with Gasteiger partial charge >= 0.3 is 0 Å². The monoisotopic (exact) mass is 357 g/mol. The molecule has 0 aliphatic carbocycles. The number of hydrogen-bond acceptors (Lipinski definition) is 3. The molecule has 0 heterocycles. The molecule has 0 spiro atoms. The quantitative estimate of drug-likeness (QED) is 0.792. The number of rotatable bonds is 5. The van der Waals surface area contributed by atoms with Gasteiger partial charge in [0.25, 0.3) is 0 Å². The van der Waals surface area contributed by atoms with Gasteiger partial charge in [-0.15, -0.1) is 0 Å². The van der Waals surface area contributed by atoms with E-state index in [0.29, 0.717) is 6.07 Å². The van der Waals surface area contributed by atoms with Crippen molar-refractivity contribution in [2.75, 3.05) is 6.61 Å². The van der Waals surface area contributed by atoms with Crippen molar-refractivity contribution < 1.29 is 22.3 Å². The number of hydrogen-bond donors (Lipinski definition) is 2. The molecule has 0 unspecified atom stereocenters. The molecule has 0 bridgehead atoms. The molecular weight excluding hydrogens is 344 g/mol. The zero-order chi connectivity index (χ0) is 14.8. The molecular formula is C11H14BrF2NO3S. The normalized spacial score (nSPS) is 13.8. The molecule has 4 nitrogen and oxygen atoms in total. The van der Waals surface area contributed by atoms with E-state index in [1.807, 2.05) is 0 Å². The van der Waals surface area contributed by atoms with Crippen molar-refractivity contribution in [3.05, 3.63) is 28.2 Å². The highest BCUT2D eigenvalue weighted by Crippen LogP contribution is 2.23. The van der Waals surface area contributed by atoms with Crippen LogP contribution < -0.4 is 4.72 Å². The largest absolute Gasteiger partial charge is 0.395 e. The highest BCUT2D eigenvalue weighted by molar-refractivity contribution is 9.10.